The second-order valence-corrected chi connectivity index (χ2v) is 11.4. The number of hydrogen-bond acceptors (Lipinski definition) is 8. The van der Waals surface area contributed by atoms with Crippen LogP contribution in [0.15, 0.2) is 66.7 Å². The SMILES string of the molecule is COc1cc2nc(N3CCC(Cc4ccc(F)cc4)(C(=O)NCc4ccccc4)CC3)nc(N3CCOCC3)c2cc1OC. The molecule has 4 aromatic rings. The first-order valence-electron chi connectivity index (χ1n) is 15.1. The number of benzene rings is 3. The van der Waals surface area contributed by atoms with E-state index in [1.165, 1.54) is 12.1 Å². The van der Waals surface area contributed by atoms with E-state index in [1.54, 1.807) is 26.4 Å². The van der Waals surface area contributed by atoms with E-state index in [2.05, 4.69) is 15.1 Å². The first-order chi connectivity index (χ1) is 21.5. The molecule has 0 saturated carbocycles. The van der Waals surface area contributed by atoms with Crippen LogP contribution in [0.25, 0.3) is 10.9 Å². The quantitative estimate of drug-likeness (QED) is 0.295. The van der Waals surface area contributed by atoms with E-state index >= 15 is 0 Å². The predicted octanol–water partition coefficient (Wildman–Crippen LogP) is 4.77. The number of carbonyl (C=O) groups excluding carboxylic acids is 1. The molecule has 3 heterocycles. The summed E-state index contributed by atoms with van der Waals surface area (Å²) in [7, 11) is 3.23. The van der Waals surface area contributed by atoms with Gasteiger partial charge in [0.25, 0.3) is 0 Å². The van der Waals surface area contributed by atoms with Gasteiger partial charge in [0.2, 0.25) is 11.9 Å². The van der Waals surface area contributed by atoms with Crippen molar-refractivity contribution in [1.82, 2.24) is 15.3 Å². The van der Waals surface area contributed by atoms with Crippen molar-refractivity contribution in [2.75, 3.05) is 63.4 Å². The molecule has 0 atom stereocenters. The number of nitrogens with one attached hydrogen (secondary N) is 1. The molecular formula is C34H38FN5O4. The molecule has 0 radical (unpaired) electrons. The Morgan fingerprint density at radius 2 is 1.57 bits per heavy atom. The number of methoxy groups -OCH3 is 2. The van der Waals surface area contributed by atoms with Crippen LogP contribution >= 0.6 is 0 Å². The lowest BCUT2D eigenvalue weighted by Crippen LogP contribution is -2.50. The van der Waals surface area contributed by atoms with Crippen molar-refractivity contribution in [2.45, 2.75) is 25.8 Å². The summed E-state index contributed by atoms with van der Waals surface area (Å²) in [6.07, 6.45) is 1.73. The van der Waals surface area contributed by atoms with Crippen molar-refractivity contribution in [3.8, 4) is 11.5 Å². The number of carbonyl (C=O) groups is 1. The first kappa shape index (κ1) is 29.6. The number of nitrogens with zero attached hydrogens (tertiary/aromatic N) is 4. The van der Waals surface area contributed by atoms with Gasteiger partial charge in [-0.25, -0.2) is 9.37 Å². The molecule has 1 aromatic heterocycles. The number of aromatic nitrogens is 2. The summed E-state index contributed by atoms with van der Waals surface area (Å²) in [5.41, 5.74) is 2.09. The van der Waals surface area contributed by atoms with Crippen LogP contribution in [0, 0.1) is 11.2 Å². The summed E-state index contributed by atoms with van der Waals surface area (Å²) < 4.78 is 30.5. The summed E-state index contributed by atoms with van der Waals surface area (Å²) in [5, 5.41) is 4.07. The third kappa shape index (κ3) is 6.26. The van der Waals surface area contributed by atoms with Crippen LogP contribution in [0.1, 0.15) is 24.0 Å². The Kier molecular flexibility index (Phi) is 8.79. The van der Waals surface area contributed by atoms with Gasteiger partial charge in [-0.3, -0.25) is 4.79 Å². The molecule has 0 bridgehead atoms. The molecule has 9 nitrogen and oxygen atoms in total. The summed E-state index contributed by atoms with van der Waals surface area (Å²) in [6.45, 7) is 4.35. The molecular weight excluding hydrogens is 561 g/mol. The van der Waals surface area contributed by atoms with E-state index in [1.807, 2.05) is 42.5 Å². The molecule has 2 saturated heterocycles. The lowest BCUT2D eigenvalue weighted by atomic mass is 9.73. The predicted molar refractivity (Wildman–Crippen MR) is 168 cm³/mol. The zero-order valence-corrected chi connectivity index (χ0v) is 25.2. The number of piperidine rings is 1. The fourth-order valence-corrected chi connectivity index (χ4v) is 6.16. The monoisotopic (exact) mass is 599 g/mol. The number of rotatable bonds is 9. The number of hydrogen-bond donors (Lipinski definition) is 1. The Balaban J connectivity index is 1.29. The van der Waals surface area contributed by atoms with E-state index in [-0.39, 0.29) is 11.7 Å². The molecule has 6 rings (SSSR count). The van der Waals surface area contributed by atoms with Crippen LogP contribution in [0.5, 0.6) is 11.5 Å². The van der Waals surface area contributed by atoms with E-state index in [0.717, 1.165) is 40.9 Å². The highest BCUT2D eigenvalue weighted by atomic mass is 19.1. The zero-order chi connectivity index (χ0) is 30.5. The second-order valence-electron chi connectivity index (χ2n) is 11.4. The minimum absolute atomic E-state index is 0.00981. The van der Waals surface area contributed by atoms with Crippen LogP contribution in [0.3, 0.4) is 0 Å². The van der Waals surface area contributed by atoms with E-state index in [9.17, 15) is 9.18 Å². The topological polar surface area (TPSA) is 89.0 Å². The second kappa shape index (κ2) is 13.1. The normalized spacial score (nSPS) is 16.5. The highest BCUT2D eigenvalue weighted by Gasteiger charge is 2.42. The van der Waals surface area contributed by atoms with Crippen LogP contribution in [0.2, 0.25) is 0 Å². The van der Waals surface area contributed by atoms with Gasteiger partial charge in [-0.1, -0.05) is 42.5 Å². The molecule has 2 aliphatic heterocycles. The van der Waals surface area contributed by atoms with Crippen molar-refractivity contribution in [2.24, 2.45) is 5.41 Å². The van der Waals surface area contributed by atoms with Crippen molar-refractivity contribution >= 4 is 28.6 Å². The lowest BCUT2D eigenvalue weighted by molar-refractivity contribution is -0.132. The van der Waals surface area contributed by atoms with Crippen molar-refractivity contribution in [3.05, 3.63) is 83.7 Å². The van der Waals surface area contributed by atoms with Gasteiger partial charge in [0, 0.05) is 44.2 Å². The van der Waals surface area contributed by atoms with Gasteiger partial charge < -0.3 is 29.3 Å². The molecule has 2 aliphatic rings. The third-order valence-corrected chi connectivity index (χ3v) is 8.72. The average molecular weight is 600 g/mol. The van der Waals surface area contributed by atoms with Crippen molar-refractivity contribution in [1.29, 1.82) is 0 Å². The van der Waals surface area contributed by atoms with Crippen molar-refractivity contribution in [3.63, 3.8) is 0 Å². The molecule has 2 fully saturated rings. The molecule has 1 amide bonds. The number of anilines is 2. The van der Waals surface area contributed by atoms with E-state index in [0.29, 0.717) is 69.6 Å². The third-order valence-electron chi connectivity index (χ3n) is 8.72. The van der Waals surface area contributed by atoms with Gasteiger partial charge in [0.05, 0.1) is 38.4 Å². The van der Waals surface area contributed by atoms with Gasteiger partial charge in [-0.05, 0) is 48.6 Å². The van der Waals surface area contributed by atoms with Gasteiger partial charge in [0.1, 0.15) is 11.6 Å². The highest BCUT2D eigenvalue weighted by Crippen LogP contribution is 2.40. The Bertz CT molecular complexity index is 1590. The molecule has 1 N–H and O–H groups in total. The number of halogens is 1. The van der Waals surface area contributed by atoms with Crippen LogP contribution in [-0.2, 0) is 22.5 Å². The largest absolute Gasteiger partial charge is 0.493 e. The molecule has 230 valence electrons. The van der Waals surface area contributed by atoms with Gasteiger partial charge >= 0.3 is 0 Å². The van der Waals surface area contributed by atoms with Crippen LogP contribution in [0.4, 0.5) is 16.2 Å². The van der Waals surface area contributed by atoms with Gasteiger partial charge in [-0.15, -0.1) is 0 Å². The first-order valence-corrected chi connectivity index (χ1v) is 15.1. The maximum Gasteiger partial charge on any atom is 0.227 e. The summed E-state index contributed by atoms with van der Waals surface area (Å²) in [4.78, 5) is 28.3. The maximum atomic E-state index is 13.9. The lowest BCUT2D eigenvalue weighted by Gasteiger charge is -2.41. The fourth-order valence-electron chi connectivity index (χ4n) is 6.16. The smallest absolute Gasteiger partial charge is 0.227 e. The number of amides is 1. The Labute approximate surface area is 257 Å². The Hall–Kier alpha value is -4.44. The van der Waals surface area contributed by atoms with E-state index in [4.69, 9.17) is 24.2 Å². The minimum atomic E-state index is -0.649. The van der Waals surface area contributed by atoms with Crippen molar-refractivity contribution < 1.29 is 23.4 Å². The van der Waals surface area contributed by atoms with Crippen LogP contribution in [-0.4, -0.2) is 69.5 Å². The molecule has 44 heavy (non-hydrogen) atoms. The fraction of sp³-hybridized carbons (Fsp3) is 0.382. The standard InChI is InChI=1S/C34H38FN5O4/c1-42-29-20-27-28(21-30(29)43-2)37-33(38-31(27)39-16-18-44-19-17-39)40-14-12-34(13-15-40,22-24-8-10-26(35)11-9-24)32(41)36-23-25-6-4-3-5-7-25/h3-11,20-21H,12-19,22-23H2,1-2H3,(H,36,41). The summed E-state index contributed by atoms with van der Waals surface area (Å²) >= 11 is 0. The maximum absolute atomic E-state index is 13.9. The highest BCUT2D eigenvalue weighted by molar-refractivity contribution is 5.93. The molecule has 3 aromatic carbocycles. The number of ether oxygens (including phenoxy) is 3. The average Bonchev–Trinajstić information content (AvgIpc) is 3.08. The van der Waals surface area contributed by atoms with Gasteiger partial charge in [0.15, 0.2) is 11.5 Å². The number of fused-ring (bicyclic) bond motifs is 1. The number of morpholine rings is 1. The zero-order valence-electron chi connectivity index (χ0n) is 25.2. The summed E-state index contributed by atoms with van der Waals surface area (Å²) in [6, 6.07) is 20.2. The van der Waals surface area contributed by atoms with Crippen LogP contribution < -0.4 is 24.6 Å². The summed E-state index contributed by atoms with van der Waals surface area (Å²) in [5.74, 6) is 2.39. The molecule has 0 aliphatic carbocycles. The molecule has 0 unspecified atom stereocenters. The minimum Gasteiger partial charge on any atom is -0.493 e. The Morgan fingerprint density at radius 3 is 2.25 bits per heavy atom. The van der Waals surface area contributed by atoms with Gasteiger partial charge in [-0.2, -0.15) is 4.98 Å². The molecule has 0 spiro atoms. The Morgan fingerprint density at radius 1 is 0.886 bits per heavy atom. The molecule has 10 heteroatoms. The van der Waals surface area contributed by atoms with E-state index < -0.39 is 5.41 Å².